The van der Waals surface area contributed by atoms with Crippen molar-refractivity contribution in [3.05, 3.63) is 89.0 Å². The van der Waals surface area contributed by atoms with Crippen LogP contribution in [0.5, 0.6) is 11.5 Å². The van der Waals surface area contributed by atoms with Crippen LogP contribution in [0.1, 0.15) is 54.0 Å². The molecule has 0 saturated heterocycles. The average Bonchev–Trinajstić information content (AvgIpc) is 3.77. The zero-order valence-corrected chi connectivity index (χ0v) is 23.8. The monoisotopic (exact) mass is 566 g/mol. The number of aryl methyl sites for hydroxylation is 2. The number of hydrogen-bond donors (Lipinski definition) is 1. The Hall–Kier alpha value is -4.73. The molecule has 1 N–H and O–H groups in total. The van der Waals surface area contributed by atoms with Crippen LogP contribution in [0.2, 0.25) is 0 Å². The van der Waals surface area contributed by atoms with Crippen molar-refractivity contribution in [1.82, 2.24) is 30.4 Å². The number of nitrogens with zero attached hydrogens (tertiary/aromatic N) is 5. The average molecular weight is 567 g/mol. The lowest BCUT2D eigenvalue weighted by Crippen LogP contribution is -2.46. The predicted molar refractivity (Wildman–Crippen MR) is 155 cm³/mol. The Labute approximate surface area is 244 Å². The van der Waals surface area contributed by atoms with Crippen LogP contribution in [0.15, 0.2) is 66.7 Å². The van der Waals surface area contributed by atoms with Gasteiger partial charge in [-0.3, -0.25) is 9.59 Å². The smallest absolute Gasteiger partial charge is 0.247 e. The highest BCUT2D eigenvalue weighted by molar-refractivity contribution is 5.89. The van der Waals surface area contributed by atoms with E-state index in [0.29, 0.717) is 17.3 Å². The van der Waals surface area contributed by atoms with Crippen molar-refractivity contribution in [1.29, 1.82) is 0 Å². The second-order valence-electron chi connectivity index (χ2n) is 11.0. The van der Waals surface area contributed by atoms with E-state index < -0.39 is 6.04 Å². The minimum Gasteiger partial charge on any atom is -0.454 e. The fourth-order valence-corrected chi connectivity index (χ4v) is 5.47. The first-order valence-corrected chi connectivity index (χ1v) is 14.3. The second kappa shape index (κ2) is 12.0. The van der Waals surface area contributed by atoms with Gasteiger partial charge in [0.2, 0.25) is 24.4 Å². The zero-order chi connectivity index (χ0) is 29.1. The molecule has 0 unspecified atom stereocenters. The summed E-state index contributed by atoms with van der Waals surface area (Å²) < 4.78 is 11.1. The number of carbonyl (C=O) groups is 2. The van der Waals surface area contributed by atoms with Crippen LogP contribution in [0.25, 0.3) is 11.4 Å². The Kier molecular flexibility index (Phi) is 7.85. The number of fused-ring (bicyclic) bond motifs is 1. The molecule has 0 radical (unpaired) electrons. The largest absolute Gasteiger partial charge is 0.454 e. The number of ether oxygens (including phenoxy) is 2. The molecule has 4 aromatic rings. The number of benzene rings is 3. The maximum Gasteiger partial charge on any atom is 0.247 e. The fraction of sp³-hybridized carbons (Fsp3) is 0.344. The molecule has 1 atom stereocenters. The summed E-state index contributed by atoms with van der Waals surface area (Å²) in [5.74, 6) is 1.18. The number of tetrazole rings is 1. The second-order valence-corrected chi connectivity index (χ2v) is 11.0. The molecule has 3 aromatic carbocycles. The Morgan fingerprint density at radius 2 is 1.64 bits per heavy atom. The normalized spacial score (nSPS) is 15.0. The zero-order valence-electron chi connectivity index (χ0n) is 23.8. The number of amides is 2. The van der Waals surface area contributed by atoms with Gasteiger partial charge in [0, 0.05) is 18.2 Å². The van der Waals surface area contributed by atoms with Gasteiger partial charge in [0.15, 0.2) is 11.5 Å². The van der Waals surface area contributed by atoms with Crippen LogP contribution in [0, 0.1) is 13.8 Å². The Bertz CT molecular complexity index is 1560. The van der Waals surface area contributed by atoms with Crippen LogP contribution in [-0.4, -0.2) is 49.8 Å². The molecule has 1 fully saturated rings. The lowest BCUT2D eigenvalue weighted by molar-refractivity contribution is -0.142. The van der Waals surface area contributed by atoms with Crippen molar-refractivity contribution < 1.29 is 19.1 Å². The molecule has 0 bridgehead atoms. The molecule has 1 aliphatic heterocycles. The minimum atomic E-state index is -0.857. The summed E-state index contributed by atoms with van der Waals surface area (Å²) in [7, 11) is 0. The maximum absolute atomic E-state index is 14.1. The van der Waals surface area contributed by atoms with Crippen molar-refractivity contribution in [2.75, 3.05) is 6.79 Å². The van der Waals surface area contributed by atoms with Crippen molar-refractivity contribution >= 4 is 11.8 Å². The molecule has 2 heterocycles. The van der Waals surface area contributed by atoms with Crippen LogP contribution >= 0.6 is 0 Å². The third kappa shape index (κ3) is 6.12. The third-order valence-corrected chi connectivity index (χ3v) is 7.80. The van der Waals surface area contributed by atoms with Gasteiger partial charge in [-0.05, 0) is 55.2 Å². The van der Waals surface area contributed by atoms with E-state index in [-0.39, 0.29) is 37.7 Å². The summed E-state index contributed by atoms with van der Waals surface area (Å²) in [6.07, 6.45) is 4.04. The lowest BCUT2D eigenvalue weighted by atomic mass is 10.0. The number of aromatic nitrogens is 4. The van der Waals surface area contributed by atoms with Gasteiger partial charge in [-0.25, -0.2) is 0 Å². The molecular weight excluding hydrogens is 532 g/mol. The standard InChI is InChI=1S/C32H34N6O4/c1-21-7-12-24(13-8-21)30(32(40)33-26-5-3-4-6-26)37(18-23-11-16-27-28(17-23)42-20-41-27)29(39)19-38-35-31(34-36-38)25-14-9-22(2)10-15-25/h7-17,26,30H,3-6,18-20H2,1-2H3,(H,33,40)/t30-/m0/s1. The molecule has 0 spiro atoms. The number of hydrogen-bond acceptors (Lipinski definition) is 7. The highest BCUT2D eigenvalue weighted by atomic mass is 16.7. The summed E-state index contributed by atoms with van der Waals surface area (Å²) in [5, 5.41) is 16.0. The third-order valence-electron chi connectivity index (χ3n) is 7.80. The van der Waals surface area contributed by atoms with E-state index in [1.165, 1.54) is 4.80 Å². The van der Waals surface area contributed by atoms with Crippen molar-refractivity contribution in [2.45, 2.75) is 64.7 Å². The van der Waals surface area contributed by atoms with Gasteiger partial charge >= 0.3 is 0 Å². The molecule has 1 saturated carbocycles. The Morgan fingerprint density at radius 1 is 0.952 bits per heavy atom. The molecule has 10 nitrogen and oxygen atoms in total. The molecule has 1 aromatic heterocycles. The van der Waals surface area contributed by atoms with Gasteiger partial charge < -0.3 is 19.7 Å². The predicted octanol–water partition coefficient (Wildman–Crippen LogP) is 4.51. The number of nitrogens with one attached hydrogen (secondary N) is 1. The number of carbonyl (C=O) groups excluding carboxylic acids is 2. The van der Waals surface area contributed by atoms with E-state index in [1.807, 2.05) is 80.6 Å². The molecule has 6 rings (SSSR count). The van der Waals surface area contributed by atoms with Crippen LogP contribution < -0.4 is 14.8 Å². The quantitative estimate of drug-likeness (QED) is 0.317. The summed E-state index contributed by atoms with van der Waals surface area (Å²) >= 11 is 0. The highest BCUT2D eigenvalue weighted by Gasteiger charge is 2.34. The van der Waals surface area contributed by atoms with Gasteiger partial charge in [0.1, 0.15) is 12.6 Å². The minimum absolute atomic E-state index is 0.0991. The first kappa shape index (κ1) is 27.4. The van der Waals surface area contributed by atoms with Crippen molar-refractivity contribution in [2.24, 2.45) is 0 Å². The molecule has 1 aliphatic carbocycles. The topological polar surface area (TPSA) is 111 Å². The van der Waals surface area contributed by atoms with Gasteiger partial charge in [0.05, 0.1) is 0 Å². The SMILES string of the molecule is Cc1ccc(-c2nnn(CC(=O)N(Cc3ccc4c(c3)OCO4)[C@H](C(=O)NC3CCCC3)c3ccc(C)cc3)n2)cc1. The van der Waals surface area contributed by atoms with E-state index in [0.717, 1.165) is 53.5 Å². The van der Waals surface area contributed by atoms with Gasteiger partial charge in [-0.2, -0.15) is 4.80 Å². The van der Waals surface area contributed by atoms with E-state index in [2.05, 4.69) is 20.7 Å². The van der Waals surface area contributed by atoms with E-state index >= 15 is 0 Å². The summed E-state index contributed by atoms with van der Waals surface area (Å²) in [4.78, 5) is 31.0. The highest BCUT2D eigenvalue weighted by Crippen LogP contribution is 2.34. The summed E-state index contributed by atoms with van der Waals surface area (Å²) in [5.41, 5.74) is 4.55. The van der Waals surface area contributed by atoms with E-state index in [4.69, 9.17) is 9.47 Å². The van der Waals surface area contributed by atoms with Gasteiger partial charge in [0.25, 0.3) is 0 Å². The Morgan fingerprint density at radius 3 is 2.38 bits per heavy atom. The van der Waals surface area contributed by atoms with Crippen molar-refractivity contribution in [3.8, 4) is 22.9 Å². The first-order valence-electron chi connectivity index (χ1n) is 14.3. The van der Waals surface area contributed by atoms with Crippen LogP contribution in [0.3, 0.4) is 0 Å². The number of rotatable bonds is 9. The lowest BCUT2D eigenvalue weighted by Gasteiger charge is -2.32. The van der Waals surface area contributed by atoms with Crippen LogP contribution in [0.4, 0.5) is 0 Å². The van der Waals surface area contributed by atoms with E-state index in [1.54, 1.807) is 4.90 Å². The molecule has 2 amide bonds. The summed E-state index contributed by atoms with van der Waals surface area (Å²) in [6.45, 7) is 4.15. The van der Waals surface area contributed by atoms with Crippen molar-refractivity contribution in [3.63, 3.8) is 0 Å². The van der Waals surface area contributed by atoms with E-state index in [9.17, 15) is 9.59 Å². The fourth-order valence-electron chi connectivity index (χ4n) is 5.47. The van der Waals surface area contributed by atoms with Crippen LogP contribution in [-0.2, 0) is 22.7 Å². The summed E-state index contributed by atoms with van der Waals surface area (Å²) in [6, 6.07) is 20.4. The molecule has 10 heteroatoms. The van der Waals surface area contributed by atoms with Gasteiger partial charge in [-0.1, -0.05) is 78.6 Å². The molecule has 42 heavy (non-hydrogen) atoms. The van der Waals surface area contributed by atoms with Gasteiger partial charge in [-0.15, -0.1) is 10.2 Å². The maximum atomic E-state index is 14.1. The Balaban J connectivity index is 1.33. The first-order chi connectivity index (χ1) is 20.4. The molecule has 2 aliphatic rings. The molecule has 216 valence electrons. The molecular formula is C32H34N6O4.